The van der Waals surface area contributed by atoms with Gasteiger partial charge < -0.3 is 24.1 Å². The molecule has 2 fully saturated rings. The van der Waals surface area contributed by atoms with Gasteiger partial charge in [0.1, 0.15) is 5.75 Å². The number of aromatic nitrogens is 1. The fourth-order valence-electron chi connectivity index (χ4n) is 3.83. The van der Waals surface area contributed by atoms with Crippen LogP contribution in [0.2, 0.25) is 0 Å². The molecule has 2 aliphatic rings. The summed E-state index contributed by atoms with van der Waals surface area (Å²) in [5.74, 6) is 1.61. The molecule has 140 valence electrons. The predicted molar refractivity (Wildman–Crippen MR) is 97.1 cm³/mol. The summed E-state index contributed by atoms with van der Waals surface area (Å²) in [5.41, 5.74) is 1.92. The van der Waals surface area contributed by atoms with Crippen molar-refractivity contribution in [2.75, 3.05) is 26.9 Å². The second kappa shape index (κ2) is 7.78. The van der Waals surface area contributed by atoms with Crippen molar-refractivity contribution in [2.45, 2.75) is 43.9 Å². The van der Waals surface area contributed by atoms with Crippen LogP contribution in [0.3, 0.4) is 0 Å². The summed E-state index contributed by atoms with van der Waals surface area (Å²) < 4.78 is 22.3. The molecule has 0 saturated carbocycles. The minimum atomic E-state index is 0.00620. The average Bonchev–Trinajstić information content (AvgIpc) is 3.16. The molecule has 1 N–H and O–H groups in total. The minimum absolute atomic E-state index is 0.00620. The van der Waals surface area contributed by atoms with E-state index in [1.807, 2.05) is 30.3 Å². The number of nitrogens with zero attached hydrogens (tertiary/aromatic N) is 1. The van der Waals surface area contributed by atoms with Crippen molar-refractivity contribution in [1.29, 1.82) is 0 Å². The maximum atomic E-state index is 6.11. The number of methoxy groups -OCH3 is 1. The van der Waals surface area contributed by atoms with Crippen LogP contribution in [-0.4, -0.2) is 43.7 Å². The summed E-state index contributed by atoms with van der Waals surface area (Å²) in [6, 6.07) is 10.2. The molecule has 1 aromatic carbocycles. The third-order valence-corrected chi connectivity index (χ3v) is 5.40. The summed E-state index contributed by atoms with van der Waals surface area (Å²) in [4.78, 5) is 0. The maximum Gasteiger partial charge on any atom is 0.167 e. The van der Waals surface area contributed by atoms with E-state index in [-0.39, 0.29) is 5.60 Å². The molecule has 6 nitrogen and oxygen atoms in total. The second-order valence-corrected chi connectivity index (χ2v) is 7.13. The molecule has 26 heavy (non-hydrogen) atoms. The summed E-state index contributed by atoms with van der Waals surface area (Å²) in [7, 11) is 1.66. The van der Waals surface area contributed by atoms with Crippen LogP contribution in [0.4, 0.5) is 0 Å². The Labute approximate surface area is 153 Å². The highest BCUT2D eigenvalue weighted by molar-refractivity contribution is 5.58. The van der Waals surface area contributed by atoms with Crippen LogP contribution >= 0.6 is 0 Å². The summed E-state index contributed by atoms with van der Waals surface area (Å²) in [6.45, 7) is 3.13. The van der Waals surface area contributed by atoms with Gasteiger partial charge in [0.25, 0.3) is 0 Å². The summed E-state index contributed by atoms with van der Waals surface area (Å²) >= 11 is 0. The zero-order valence-corrected chi connectivity index (χ0v) is 15.2. The van der Waals surface area contributed by atoms with E-state index < -0.39 is 0 Å². The smallest absolute Gasteiger partial charge is 0.167 e. The molecule has 1 atom stereocenters. The summed E-state index contributed by atoms with van der Waals surface area (Å²) in [6.07, 6.45) is 4.07. The van der Waals surface area contributed by atoms with Crippen LogP contribution in [0.15, 0.2) is 34.9 Å². The lowest BCUT2D eigenvalue weighted by atomic mass is 9.84. The minimum Gasteiger partial charge on any atom is -0.497 e. The van der Waals surface area contributed by atoms with Crippen molar-refractivity contribution < 1.29 is 18.7 Å². The second-order valence-electron chi connectivity index (χ2n) is 7.13. The first-order valence-corrected chi connectivity index (χ1v) is 9.31. The Morgan fingerprint density at radius 1 is 1.19 bits per heavy atom. The van der Waals surface area contributed by atoms with E-state index in [4.69, 9.17) is 18.7 Å². The lowest BCUT2D eigenvalue weighted by Crippen LogP contribution is -2.49. The van der Waals surface area contributed by atoms with E-state index in [2.05, 4.69) is 10.5 Å². The standard InChI is InChI=1S/C20H26N2O4/c1-23-18-4-2-15(3-5-18)19-12-17(22-26-19)14-21-16-6-9-25-20(13-16)7-10-24-11-8-20/h2-5,12,16,21H,6-11,13-14H2,1H3/t16-/m0/s1. The molecule has 2 aromatic rings. The normalized spacial score (nSPS) is 22.4. The van der Waals surface area contributed by atoms with Crippen LogP contribution in [-0.2, 0) is 16.0 Å². The van der Waals surface area contributed by atoms with E-state index in [1.165, 1.54) is 0 Å². The molecule has 0 aliphatic carbocycles. The molecule has 0 bridgehead atoms. The van der Waals surface area contributed by atoms with Crippen LogP contribution in [0, 0.1) is 0 Å². The fourth-order valence-corrected chi connectivity index (χ4v) is 3.83. The zero-order chi connectivity index (χ0) is 17.8. The Bertz CT molecular complexity index is 701. The van der Waals surface area contributed by atoms with E-state index in [0.717, 1.165) is 68.3 Å². The topological polar surface area (TPSA) is 65.8 Å². The predicted octanol–water partition coefficient (Wildman–Crippen LogP) is 3.17. The quantitative estimate of drug-likeness (QED) is 0.886. The molecule has 0 radical (unpaired) electrons. The van der Waals surface area contributed by atoms with Crippen molar-refractivity contribution in [3.63, 3.8) is 0 Å². The monoisotopic (exact) mass is 358 g/mol. The number of rotatable bonds is 5. The highest BCUT2D eigenvalue weighted by Gasteiger charge is 2.38. The molecule has 0 unspecified atom stereocenters. The van der Waals surface area contributed by atoms with E-state index in [9.17, 15) is 0 Å². The Morgan fingerprint density at radius 3 is 2.77 bits per heavy atom. The van der Waals surface area contributed by atoms with Gasteiger partial charge >= 0.3 is 0 Å². The van der Waals surface area contributed by atoms with E-state index in [1.54, 1.807) is 7.11 Å². The van der Waals surface area contributed by atoms with Crippen molar-refractivity contribution in [3.05, 3.63) is 36.0 Å². The number of nitrogens with one attached hydrogen (secondary N) is 1. The molecule has 4 rings (SSSR count). The number of benzene rings is 1. The lowest BCUT2D eigenvalue weighted by molar-refractivity contribution is -0.140. The first kappa shape index (κ1) is 17.5. The van der Waals surface area contributed by atoms with Crippen LogP contribution in [0.5, 0.6) is 5.75 Å². The van der Waals surface area contributed by atoms with Gasteiger partial charge in [-0.3, -0.25) is 0 Å². The molecule has 1 spiro atoms. The van der Waals surface area contributed by atoms with Gasteiger partial charge in [0.2, 0.25) is 0 Å². The SMILES string of the molecule is COc1ccc(-c2cc(CN[C@H]3CCOC4(CCOCC4)C3)no2)cc1. The number of hydrogen-bond donors (Lipinski definition) is 1. The van der Waals surface area contributed by atoms with Gasteiger partial charge in [-0.05, 0) is 49.9 Å². The Morgan fingerprint density at radius 2 is 2.00 bits per heavy atom. The van der Waals surface area contributed by atoms with E-state index in [0.29, 0.717) is 12.6 Å². The molecular weight excluding hydrogens is 332 g/mol. The van der Waals surface area contributed by atoms with Gasteiger partial charge in [-0.2, -0.15) is 0 Å². The maximum absolute atomic E-state index is 6.11. The third kappa shape index (κ3) is 3.92. The Balaban J connectivity index is 1.34. The highest BCUT2D eigenvalue weighted by atomic mass is 16.5. The van der Waals surface area contributed by atoms with Crippen molar-refractivity contribution in [2.24, 2.45) is 0 Å². The van der Waals surface area contributed by atoms with Gasteiger partial charge in [-0.1, -0.05) is 5.16 Å². The van der Waals surface area contributed by atoms with Gasteiger partial charge in [-0.25, -0.2) is 0 Å². The third-order valence-electron chi connectivity index (χ3n) is 5.40. The lowest BCUT2D eigenvalue weighted by Gasteiger charge is -2.43. The van der Waals surface area contributed by atoms with E-state index >= 15 is 0 Å². The van der Waals surface area contributed by atoms with Crippen LogP contribution in [0.1, 0.15) is 31.4 Å². The van der Waals surface area contributed by atoms with Crippen molar-refractivity contribution in [1.82, 2.24) is 10.5 Å². The van der Waals surface area contributed by atoms with Crippen LogP contribution < -0.4 is 10.1 Å². The molecule has 2 aliphatic heterocycles. The molecule has 3 heterocycles. The first-order valence-electron chi connectivity index (χ1n) is 9.31. The molecule has 1 aromatic heterocycles. The van der Waals surface area contributed by atoms with Gasteiger partial charge in [0.15, 0.2) is 5.76 Å². The summed E-state index contributed by atoms with van der Waals surface area (Å²) in [5, 5.41) is 7.83. The Hall–Kier alpha value is -1.89. The largest absolute Gasteiger partial charge is 0.497 e. The van der Waals surface area contributed by atoms with Crippen molar-refractivity contribution in [3.8, 4) is 17.1 Å². The van der Waals surface area contributed by atoms with Gasteiger partial charge in [0.05, 0.1) is 18.4 Å². The van der Waals surface area contributed by atoms with Gasteiger partial charge in [-0.15, -0.1) is 0 Å². The number of hydrogen-bond acceptors (Lipinski definition) is 6. The van der Waals surface area contributed by atoms with Crippen molar-refractivity contribution >= 4 is 0 Å². The molecule has 6 heteroatoms. The average molecular weight is 358 g/mol. The molecular formula is C20H26N2O4. The highest BCUT2D eigenvalue weighted by Crippen LogP contribution is 2.34. The fraction of sp³-hybridized carbons (Fsp3) is 0.550. The van der Waals surface area contributed by atoms with Gasteiger partial charge in [0, 0.05) is 44.0 Å². The molecule has 2 saturated heterocycles. The van der Waals surface area contributed by atoms with Crippen LogP contribution in [0.25, 0.3) is 11.3 Å². The zero-order valence-electron chi connectivity index (χ0n) is 15.2. The molecule has 0 amide bonds. The first-order chi connectivity index (χ1) is 12.8. The number of ether oxygens (including phenoxy) is 3. The Kier molecular flexibility index (Phi) is 5.24.